The first-order valence-electron chi connectivity index (χ1n) is 7.31. The van der Waals surface area contributed by atoms with Crippen LogP contribution in [0.15, 0.2) is 0 Å². The number of aromatic nitrogens is 3. The van der Waals surface area contributed by atoms with Crippen LogP contribution in [0.2, 0.25) is 0 Å². The Labute approximate surface area is 118 Å². The van der Waals surface area contributed by atoms with Gasteiger partial charge in [-0.1, -0.05) is 6.92 Å². The van der Waals surface area contributed by atoms with Crippen LogP contribution in [0.3, 0.4) is 0 Å². The number of nitrogens with zero attached hydrogens (tertiary/aromatic N) is 3. The van der Waals surface area contributed by atoms with Crippen LogP contribution in [0.5, 0.6) is 0 Å². The molecule has 0 radical (unpaired) electrons. The first-order chi connectivity index (χ1) is 9.76. The molecule has 2 atom stereocenters. The van der Waals surface area contributed by atoms with Crippen LogP contribution in [0.25, 0.3) is 0 Å². The zero-order valence-corrected chi connectivity index (χ0v) is 11.8. The third-order valence-electron chi connectivity index (χ3n) is 4.02. The number of hydrogen-bond acceptors (Lipinski definition) is 5. The number of amides is 1. The maximum Gasteiger partial charge on any atom is 0.291 e. The Kier molecular flexibility index (Phi) is 3.98. The van der Waals surface area contributed by atoms with Crippen LogP contribution >= 0.6 is 0 Å². The molecule has 0 aromatic carbocycles. The van der Waals surface area contributed by atoms with E-state index in [9.17, 15) is 4.79 Å². The van der Waals surface area contributed by atoms with Crippen molar-refractivity contribution in [2.45, 2.75) is 38.3 Å². The zero-order valence-electron chi connectivity index (χ0n) is 11.8. The molecule has 1 aromatic rings. The van der Waals surface area contributed by atoms with Gasteiger partial charge in [0.1, 0.15) is 5.82 Å². The summed E-state index contributed by atoms with van der Waals surface area (Å²) < 4.78 is 5.80. The van der Waals surface area contributed by atoms with Crippen LogP contribution in [-0.2, 0) is 11.2 Å². The minimum Gasteiger partial charge on any atom is -0.373 e. The monoisotopic (exact) mass is 279 g/mol. The summed E-state index contributed by atoms with van der Waals surface area (Å²) in [5.41, 5.74) is 0. The van der Waals surface area contributed by atoms with Gasteiger partial charge in [0, 0.05) is 25.6 Å². The largest absolute Gasteiger partial charge is 0.373 e. The van der Waals surface area contributed by atoms with E-state index in [0.717, 1.165) is 31.9 Å². The summed E-state index contributed by atoms with van der Waals surface area (Å²) in [6, 6.07) is 0.585. The lowest BCUT2D eigenvalue weighted by molar-refractivity contribution is -0.0462. The second-order valence-corrected chi connectivity index (χ2v) is 5.42. The number of H-pyrrole nitrogens is 1. The molecule has 3 rings (SSSR count). The predicted octanol–water partition coefficient (Wildman–Crippen LogP) is -0.0399. The highest BCUT2D eigenvalue weighted by Gasteiger charge is 2.32. The summed E-state index contributed by atoms with van der Waals surface area (Å²) in [6.45, 7) is 5.31. The van der Waals surface area contributed by atoms with Gasteiger partial charge in [0.15, 0.2) is 0 Å². The normalized spacial score (nSPS) is 26.4. The number of morpholine rings is 1. The number of hydrogen-bond donors (Lipinski definition) is 2. The number of aryl methyl sites for hydroxylation is 1. The van der Waals surface area contributed by atoms with Gasteiger partial charge >= 0.3 is 0 Å². The quantitative estimate of drug-likeness (QED) is 0.808. The second-order valence-electron chi connectivity index (χ2n) is 5.42. The molecule has 3 heterocycles. The summed E-state index contributed by atoms with van der Waals surface area (Å²) in [5.74, 6) is 0.689. The molecule has 2 N–H and O–H groups in total. The second kappa shape index (κ2) is 5.88. The van der Waals surface area contributed by atoms with Gasteiger partial charge in [-0.3, -0.25) is 14.8 Å². The highest BCUT2D eigenvalue weighted by molar-refractivity contribution is 5.90. The number of aromatic amines is 1. The van der Waals surface area contributed by atoms with Gasteiger partial charge in [0.05, 0.1) is 12.7 Å². The lowest BCUT2D eigenvalue weighted by Gasteiger charge is -2.35. The molecule has 20 heavy (non-hydrogen) atoms. The van der Waals surface area contributed by atoms with Crippen molar-refractivity contribution >= 4 is 5.91 Å². The Bertz CT molecular complexity index is 475. The van der Waals surface area contributed by atoms with Gasteiger partial charge in [0.25, 0.3) is 5.91 Å². The van der Waals surface area contributed by atoms with Gasteiger partial charge in [-0.15, -0.1) is 5.10 Å². The van der Waals surface area contributed by atoms with E-state index in [1.807, 2.05) is 6.92 Å². The molecule has 1 aromatic heterocycles. The molecule has 0 spiro atoms. The maximum absolute atomic E-state index is 11.9. The van der Waals surface area contributed by atoms with E-state index in [1.165, 1.54) is 12.8 Å². The molecular formula is C13H21N5O2. The molecule has 2 saturated heterocycles. The first-order valence-corrected chi connectivity index (χ1v) is 7.31. The molecule has 7 heteroatoms. The van der Waals surface area contributed by atoms with E-state index in [0.29, 0.717) is 12.6 Å². The van der Waals surface area contributed by atoms with E-state index in [4.69, 9.17) is 4.74 Å². The fourth-order valence-electron chi connectivity index (χ4n) is 2.85. The lowest BCUT2D eigenvalue weighted by Crippen LogP contribution is -2.50. The molecule has 0 aliphatic carbocycles. The highest BCUT2D eigenvalue weighted by atomic mass is 16.5. The molecule has 110 valence electrons. The standard InChI is InChI=1S/C13H21N5O2/c1-2-11-15-12(17-16-11)13(19)14-6-10-7-18-5-3-4-9(18)8-20-10/h9-10H,2-8H2,1H3,(H,14,19)(H,15,16,17). The van der Waals surface area contributed by atoms with Crippen molar-refractivity contribution in [1.29, 1.82) is 0 Å². The van der Waals surface area contributed by atoms with Crippen molar-refractivity contribution in [3.63, 3.8) is 0 Å². The van der Waals surface area contributed by atoms with E-state index in [-0.39, 0.29) is 17.8 Å². The molecule has 2 aliphatic heterocycles. The number of ether oxygens (including phenoxy) is 1. The van der Waals surface area contributed by atoms with Gasteiger partial charge in [-0.25, -0.2) is 4.98 Å². The van der Waals surface area contributed by atoms with Gasteiger partial charge in [-0.05, 0) is 19.4 Å². The summed E-state index contributed by atoms with van der Waals surface area (Å²) in [6.07, 6.45) is 3.29. The molecule has 2 fully saturated rings. The van der Waals surface area contributed by atoms with Crippen molar-refractivity contribution < 1.29 is 9.53 Å². The molecule has 2 aliphatic rings. The number of rotatable bonds is 4. The third-order valence-corrected chi connectivity index (χ3v) is 4.02. The summed E-state index contributed by atoms with van der Waals surface area (Å²) in [7, 11) is 0. The number of carbonyl (C=O) groups excluding carboxylic acids is 1. The van der Waals surface area contributed by atoms with Gasteiger partial charge < -0.3 is 10.1 Å². The topological polar surface area (TPSA) is 83.1 Å². The summed E-state index contributed by atoms with van der Waals surface area (Å²) in [4.78, 5) is 18.5. The van der Waals surface area contributed by atoms with E-state index < -0.39 is 0 Å². The highest BCUT2D eigenvalue weighted by Crippen LogP contribution is 2.22. The predicted molar refractivity (Wildman–Crippen MR) is 72.4 cm³/mol. The fourth-order valence-corrected chi connectivity index (χ4v) is 2.85. The average molecular weight is 279 g/mol. The Morgan fingerprint density at radius 3 is 3.30 bits per heavy atom. The molecule has 0 saturated carbocycles. The van der Waals surface area contributed by atoms with Crippen molar-refractivity contribution in [3.8, 4) is 0 Å². The van der Waals surface area contributed by atoms with Gasteiger partial charge in [-0.2, -0.15) is 0 Å². The first kappa shape index (κ1) is 13.5. The van der Waals surface area contributed by atoms with Crippen molar-refractivity contribution in [2.24, 2.45) is 0 Å². The van der Waals surface area contributed by atoms with Crippen LogP contribution in [-0.4, -0.2) is 64.4 Å². The smallest absolute Gasteiger partial charge is 0.291 e. The molecule has 0 bridgehead atoms. The Morgan fingerprint density at radius 1 is 1.60 bits per heavy atom. The fraction of sp³-hybridized carbons (Fsp3) is 0.769. The lowest BCUT2D eigenvalue weighted by atomic mass is 10.2. The Hall–Kier alpha value is -1.47. The number of fused-ring (bicyclic) bond motifs is 1. The minimum absolute atomic E-state index is 0.0675. The zero-order chi connectivity index (χ0) is 13.9. The van der Waals surface area contributed by atoms with Crippen molar-refractivity contribution in [1.82, 2.24) is 25.4 Å². The molecular weight excluding hydrogens is 258 g/mol. The average Bonchev–Trinajstić information content (AvgIpc) is 3.12. The van der Waals surface area contributed by atoms with Crippen LogP contribution in [0.1, 0.15) is 36.2 Å². The maximum atomic E-state index is 11.9. The Morgan fingerprint density at radius 2 is 2.50 bits per heavy atom. The van der Waals surface area contributed by atoms with Crippen LogP contribution in [0, 0.1) is 0 Å². The molecule has 7 nitrogen and oxygen atoms in total. The van der Waals surface area contributed by atoms with Crippen LogP contribution in [0.4, 0.5) is 0 Å². The minimum atomic E-state index is -0.243. The molecule has 1 amide bonds. The van der Waals surface area contributed by atoms with Gasteiger partial charge in [0.2, 0.25) is 5.82 Å². The van der Waals surface area contributed by atoms with Crippen molar-refractivity contribution in [3.05, 3.63) is 11.6 Å². The van der Waals surface area contributed by atoms with E-state index in [2.05, 4.69) is 25.4 Å². The third kappa shape index (κ3) is 2.83. The molecule has 2 unspecified atom stereocenters. The Balaban J connectivity index is 1.48. The summed E-state index contributed by atoms with van der Waals surface area (Å²) in [5, 5.41) is 9.50. The number of nitrogens with one attached hydrogen (secondary N) is 2. The van der Waals surface area contributed by atoms with Crippen LogP contribution < -0.4 is 5.32 Å². The summed E-state index contributed by atoms with van der Waals surface area (Å²) >= 11 is 0. The SMILES string of the molecule is CCc1nc(C(=O)NCC2CN3CCCC3CO2)n[nH]1. The van der Waals surface area contributed by atoms with E-state index >= 15 is 0 Å². The van der Waals surface area contributed by atoms with Crippen molar-refractivity contribution in [2.75, 3.05) is 26.2 Å². The van der Waals surface area contributed by atoms with E-state index in [1.54, 1.807) is 0 Å². The number of carbonyl (C=O) groups is 1.